The third kappa shape index (κ3) is 5.32. The molecule has 0 N–H and O–H groups in total. The van der Waals surface area contributed by atoms with Crippen molar-refractivity contribution in [2.24, 2.45) is 0 Å². The van der Waals surface area contributed by atoms with Crippen molar-refractivity contribution in [3.05, 3.63) is 65.2 Å². The Kier molecular flexibility index (Phi) is 7.05. The molecular weight excluding hydrogens is 392 g/mol. The highest BCUT2D eigenvalue weighted by molar-refractivity contribution is 7.89. The van der Waals surface area contributed by atoms with Gasteiger partial charge in [-0.2, -0.15) is 4.31 Å². The summed E-state index contributed by atoms with van der Waals surface area (Å²) in [5.74, 6) is 0.447. The molecule has 5 heteroatoms. The molecule has 0 bridgehead atoms. The van der Waals surface area contributed by atoms with E-state index in [-0.39, 0.29) is 5.41 Å². The number of rotatable bonds is 6. The van der Waals surface area contributed by atoms with E-state index in [0.717, 1.165) is 26.1 Å². The third-order valence-electron chi connectivity index (χ3n) is 6.26. The number of hydrogen-bond acceptors (Lipinski definition) is 3. The fraction of sp³-hybridized carbons (Fsp3) is 0.520. The van der Waals surface area contributed by atoms with E-state index in [1.165, 1.54) is 16.7 Å². The molecule has 3 rings (SSSR count). The molecule has 1 heterocycles. The molecule has 1 fully saturated rings. The van der Waals surface area contributed by atoms with Crippen molar-refractivity contribution in [2.45, 2.75) is 63.8 Å². The summed E-state index contributed by atoms with van der Waals surface area (Å²) in [5.41, 5.74) is 3.96. The number of sulfonamides is 1. The molecule has 1 atom stereocenters. The van der Waals surface area contributed by atoms with Crippen LogP contribution >= 0.6 is 0 Å². The summed E-state index contributed by atoms with van der Waals surface area (Å²) in [4.78, 5) is 2.74. The van der Waals surface area contributed by atoms with Gasteiger partial charge < -0.3 is 0 Å². The SMILES string of the molecule is CCC(C)c1ccc(S(=O)(=O)N2CCN(Cc3ccc(C(C)(C)C)cc3)CC2)cc1. The monoisotopic (exact) mass is 428 g/mol. The number of hydrogen-bond donors (Lipinski definition) is 0. The van der Waals surface area contributed by atoms with Gasteiger partial charge in [0.2, 0.25) is 10.0 Å². The zero-order chi connectivity index (χ0) is 21.9. The van der Waals surface area contributed by atoms with Crippen molar-refractivity contribution >= 4 is 10.0 Å². The van der Waals surface area contributed by atoms with Gasteiger partial charge in [-0.05, 0) is 46.6 Å². The van der Waals surface area contributed by atoms with Crippen molar-refractivity contribution in [1.82, 2.24) is 9.21 Å². The minimum atomic E-state index is -3.42. The Morgan fingerprint density at radius 2 is 1.47 bits per heavy atom. The van der Waals surface area contributed by atoms with E-state index in [0.29, 0.717) is 23.9 Å². The maximum atomic E-state index is 13.0. The van der Waals surface area contributed by atoms with E-state index in [9.17, 15) is 8.42 Å². The van der Waals surface area contributed by atoms with Crippen LogP contribution in [-0.2, 0) is 22.0 Å². The summed E-state index contributed by atoms with van der Waals surface area (Å²) in [6.45, 7) is 14.4. The summed E-state index contributed by atoms with van der Waals surface area (Å²) < 4.78 is 27.7. The molecule has 1 unspecified atom stereocenters. The minimum Gasteiger partial charge on any atom is -0.296 e. The first-order valence-corrected chi connectivity index (χ1v) is 12.5. The van der Waals surface area contributed by atoms with Crippen molar-refractivity contribution in [2.75, 3.05) is 26.2 Å². The van der Waals surface area contributed by atoms with Gasteiger partial charge in [-0.3, -0.25) is 4.90 Å². The fourth-order valence-electron chi connectivity index (χ4n) is 3.85. The Balaban J connectivity index is 1.59. The van der Waals surface area contributed by atoms with E-state index in [2.05, 4.69) is 63.8 Å². The highest BCUT2D eigenvalue weighted by Crippen LogP contribution is 2.24. The summed E-state index contributed by atoms with van der Waals surface area (Å²) in [6.07, 6.45) is 1.05. The predicted molar refractivity (Wildman–Crippen MR) is 124 cm³/mol. The molecule has 1 saturated heterocycles. The normalized spacial score (nSPS) is 17.8. The maximum Gasteiger partial charge on any atom is 0.243 e. The molecule has 0 aromatic heterocycles. The summed E-state index contributed by atoms with van der Waals surface area (Å²) in [7, 11) is -3.42. The Hall–Kier alpha value is -1.69. The van der Waals surface area contributed by atoms with Gasteiger partial charge in [-0.15, -0.1) is 0 Å². The van der Waals surface area contributed by atoms with Crippen LogP contribution in [0.15, 0.2) is 53.4 Å². The van der Waals surface area contributed by atoms with Crippen LogP contribution in [0.25, 0.3) is 0 Å². The van der Waals surface area contributed by atoms with Crippen LogP contribution in [0.2, 0.25) is 0 Å². The molecule has 0 saturated carbocycles. The highest BCUT2D eigenvalue weighted by atomic mass is 32.2. The maximum absolute atomic E-state index is 13.0. The van der Waals surface area contributed by atoms with Gasteiger partial charge in [-0.1, -0.05) is 71.0 Å². The van der Waals surface area contributed by atoms with E-state index in [1.54, 1.807) is 16.4 Å². The van der Waals surface area contributed by atoms with Gasteiger partial charge in [0.15, 0.2) is 0 Å². The third-order valence-corrected chi connectivity index (χ3v) is 8.17. The predicted octanol–water partition coefficient (Wildman–Crippen LogP) is 5.00. The van der Waals surface area contributed by atoms with Crippen molar-refractivity contribution in [3.63, 3.8) is 0 Å². The van der Waals surface area contributed by atoms with Gasteiger partial charge in [0.05, 0.1) is 4.90 Å². The van der Waals surface area contributed by atoms with Crippen LogP contribution in [0.1, 0.15) is 63.6 Å². The van der Waals surface area contributed by atoms with E-state index in [1.807, 2.05) is 12.1 Å². The Bertz CT molecular complexity index is 921. The van der Waals surface area contributed by atoms with E-state index in [4.69, 9.17) is 0 Å². The van der Waals surface area contributed by atoms with Gasteiger partial charge in [-0.25, -0.2) is 8.42 Å². The summed E-state index contributed by atoms with van der Waals surface area (Å²) in [5, 5.41) is 0. The van der Waals surface area contributed by atoms with Gasteiger partial charge in [0.1, 0.15) is 0 Å². The molecule has 30 heavy (non-hydrogen) atoms. The molecule has 2 aromatic carbocycles. The first kappa shape index (κ1) is 23.0. The molecule has 0 aliphatic carbocycles. The summed E-state index contributed by atoms with van der Waals surface area (Å²) in [6, 6.07) is 16.3. The zero-order valence-corrected chi connectivity index (χ0v) is 19.9. The molecule has 164 valence electrons. The minimum absolute atomic E-state index is 0.158. The first-order chi connectivity index (χ1) is 14.1. The second kappa shape index (κ2) is 9.21. The molecule has 1 aliphatic heterocycles. The van der Waals surface area contributed by atoms with Crippen LogP contribution in [0, 0.1) is 0 Å². The van der Waals surface area contributed by atoms with Gasteiger partial charge in [0, 0.05) is 32.7 Å². The average Bonchev–Trinajstić information content (AvgIpc) is 2.73. The van der Waals surface area contributed by atoms with Gasteiger partial charge >= 0.3 is 0 Å². The number of nitrogens with zero attached hydrogens (tertiary/aromatic N) is 2. The largest absolute Gasteiger partial charge is 0.296 e. The van der Waals surface area contributed by atoms with Crippen LogP contribution in [0.4, 0.5) is 0 Å². The molecule has 1 aliphatic rings. The molecular formula is C25H36N2O2S. The number of benzene rings is 2. The Morgan fingerprint density at radius 3 is 1.97 bits per heavy atom. The van der Waals surface area contributed by atoms with Crippen LogP contribution in [0.3, 0.4) is 0 Å². The number of piperazine rings is 1. The van der Waals surface area contributed by atoms with Crippen molar-refractivity contribution in [1.29, 1.82) is 0 Å². The molecule has 0 spiro atoms. The fourth-order valence-corrected chi connectivity index (χ4v) is 5.27. The highest BCUT2D eigenvalue weighted by Gasteiger charge is 2.28. The van der Waals surface area contributed by atoms with E-state index < -0.39 is 10.0 Å². The van der Waals surface area contributed by atoms with Crippen molar-refractivity contribution < 1.29 is 8.42 Å². The first-order valence-electron chi connectivity index (χ1n) is 11.0. The smallest absolute Gasteiger partial charge is 0.243 e. The molecule has 2 aromatic rings. The zero-order valence-electron chi connectivity index (χ0n) is 19.1. The van der Waals surface area contributed by atoms with Crippen molar-refractivity contribution in [3.8, 4) is 0 Å². The van der Waals surface area contributed by atoms with Crippen LogP contribution < -0.4 is 0 Å². The quantitative estimate of drug-likeness (QED) is 0.650. The second-order valence-electron chi connectivity index (χ2n) is 9.51. The molecule has 4 nitrogen and oxygen atoms in total. The average molecular weight is 429 g/mol. The van der Waals surface area contributed by atoms with Crippen LogP contribution in [-0.4, -0.2) is 43.8 Å². The van der Waals surface area contributed by atoms with Crippen LogP contribution in [0.5, 0.6) is 0 Å². The Morgan fingerprint density at radius 1 is 0.900 bits per heavy atom. The molecule has 0 radical (unpaired) electrons. The lowest BCUT2D eigenvalue weighted by Gasteiger charge is -2.34. The standard InChI is InChI=1S/C25H36N2O2S/c1-6-20(2)22-9-13-24(14-10-22)30(28,29)27-17-15-26(16-18-27)19-21-7-11-23(12-8-21)25(3,4)5/h7-14,20H,6,15-19H2,1-5H3. The topological polar surface area (TPSA) is 40.6 Å². The lowest BCUT2D eigenvalue weighted by Crippen LogP contribution is -2.48. The lowest BCUT2D eigenvalue weighted by molar-refractivity contribution is 0.181. The second-order valence-corrected chi connectivity index (χ2v) is 11.4. The lowest BCUT2D eigenvalue weighted by atomic mass is 9.87. The summed E-state index contributed by atoms with van der Waals surface area (Å²) >= 11 is 0. The molecule has 0 amide bonds. The van der Waals surface area contributed by atoms with E-state index >= 15 is 0 Å². The van der Waals surface area contributed by atoms with Gasteiger partial charge in [0.25, 0.3) is 0 Å². The Labute approximate surface area is 183 Å².